The van der Waals surface area contributed by atoms with Crippen molar-refractivity contribution in [3.05, 3.63) is 23.1 Å². The Balaban J connectivity index is 2.85. The van der Waals surface area contributed by atoms with Crippen LogP contribution in [0.25, 0.3) is 10.1 Å². The van der Waals surface area contributed by atoms with Crippen LogP contribution in [0.2, 0.25) is 0 Å². The third kappa shape index (κ3) is 1.16. The lowest BCUT2D eigenvalue weighted by atomic mass is 10.1. The molecule has 13 heavy (non-hydrogen) atoms. The van der Waals surface area contributed by atoms with Crippen LogP contribution in [-0.4, -0.2) is 0 Å². The fraction of sp³-hybridized carbons (Fsp3) is 0.200. The van der Waals surface area contributed by atoms with Gasteiger partial charge in [-0.2, -0.15) is 0 Å². The molecule has 0 saturated carbocycles. The van der Waals surface area contributed by atoms with Crippen LogP contribution in [-0.2, 0) is 6.42 Å². The maximum absolute atomic E-state index is 5.92. The average Bonchev–Trinajstić information content (AvgIpc) is 2.55. The molecular formula is C10H12N2S. The van der Waals surface area contributed by atoms with E-state index in [1.807, 2.05) is 12.1 Å². The highest BCUT2D eigenvalue weighted by atomic mass is 32.1. The van der Waals surface area contributed by atoms with E-state index < -0.39 is 0 Å². The van der Waals surface area contributed by atoms with Gasteiger partial charge >= 0.3 is 0 Å². The van der Waals surface area contributed by atoms with Crippen LogP contribution in [0.5, 0.6) is 0 Å². The Morgan fingerprint density at radius 3 is 2.77 bits per heavy atom. The number of nitrogens with two attached hydrogens (primary N) is 2. The van der Waals surface area contributed by atoms with Crippen LogP contribution in [0.15, 0.2) is 17.5 Å². The number of hydrogen-bond acceptors (Lipinski definition) is 3. The molecule has 0 aliphatic rings. The zero-order chi connectivity index (χ0) is 9.42. The Morgan fingerprint density at radius 2 is 2.08 bits per heavy atom. The molecule has 2 rings (SSSR count). The topological polar surface area (TPSA) is 52.0 Å². The number of anilines is 2. The molecule has 2 aromatic rings. The van der Waals surface area contributed by atoms with Gasteiger partial charge in [0.05, 0.1) is 11.4 Å². The maximum atomic E-state index is 5.92. The summed E-state index contributed by atoms with van der Waals surface area (Å²) in [6.07, 6.45) is 1.01. The molecule has 4 N–H and O–H groups in total. The van der Waals surface area contributed by atoms with Gasteiger partial charge in [-0.15, -0.1) is 11.3 Å². The Bertz CT molecular complexity index is 445. The molecule has 3 heteroatoms. The van der Waals surface area contributed by atoms with E-state index in [1.54, 1.807) is 11.3 Å². The van der Waals surface area contributed by atoms with Crippen molar-refractivity contribution in [1.82, 2.24) is 0 Å². The summed E-state index contributed by atoms with van der Waals surface area (Å²) in [5, 5.41) is 3.30. The summed E-state index contributed by atoms with van der Waals surface area (Å²) in [4.78, 5) is 0. The molecule has 1 aromatic carbocycles. The molecule has 0 unspecified atom stereocenters. The highest BCUT2D eigenvalue weighted by Crippen LogP contribution is 2.34. The van der Waals surface area contributed by atoms with Crippen molar-refractivity contribution < 1.29 is 0 Å². The average molecular weight is 192 g/mol. The number of aryl methyl sites for hydroxylation is 1. The van der Waals surface area contributed by atoms with Gasteiger partial charge in [-0.3, -0.25) is 0 Å². The van der Waals surface area contributed by atoms with Gasteiger partial charge in [-0.05, 0) is 29.5 Å². The molecule has 0 amide bonds. The monoisotopic (exact) mass is 192 g/mol. The van der Waals surface area contributed by atoms with Gasteiger partial charge in [0, 0.05) is 10.1 Å². The summed E-state index contributed by atoms with van der Waals surface area (Å²) in [6, 6.07) is 3.90. The second-order valence-electron chi connectivity index (χ2n) is 3.06. The minimum absolute atomic E-state index is 0.681. The summed E-state index contributed by atoms with van der Waals surface area (Å²) in [5.41, 5.74) is 14.4. The molecule has 0 atom stereocenters. The summed E-state index contributed by atoms with van der Waals surface area (Å²) >= 11 is 1.73. The third-order valence-electron chi connectivity index (χ3n) is 2.27. The number of hydrogen-bond donors (Lipinski definition) is 2. The molecule has 1 heterocycles. The molecule has 0 saturated heterocycles. The summed E-state index contributed by atoms with van der Waals surface area (Å²) in [6.45, 7) is 2.13. The molecule has 68 valence electrons. The van der Waals surface area contributed by atoms with E-state index in [-0.39, 0.29) is 0 Å². The van der Waals surface area contributed by atoms with Gasteiger partial charge in [0.15, 0.2) is 0 Å². The third-order valence-corrected chi connectivity index (χ3v) is 3.27. The lowest BCUT2D eigenvalue weighted by Gasteiger charge is -2.02. The van der Waals surface area contributed by atoms with Crippen LogP contribution in [0, 0.1) is 0 Å². The van der Waals surface area contributed by atoms with Crippen molar-refractivity contribution in [2.45, 2.75) is 13.3 Å². The number of nitrogen functional groups attached to an aromatic ring is 2. The van der Waals surface area contributed by atoms with Gasteiger partial charge in [-0.1, -0.05) is 6.92 Å². The molecule has 0 radical (unpaired) electrons. The second kappa shape index (κ2) is 2.92. The van der Waals surface area contributed by atoms with Crippen LogP contribution < -0.4 is 11.5 Å². The SMILES string of the molecule is CCc1csc2ccc(N)c(N)c12. The summed E-state index contributed by atoms with van der Waals surface area (Å²) in [7, 11) is 0. The standard InChI is InChI=1S/C10H12N2S/c1-2-6-5-13-8-4-3-7(11)10(12)9(6)8/h3-5H,2,11-12H2,1H3. The number of fused-ring (bicyclic) bond motifs is 1. The van der Waals surface area contributed by atoms with Crippen LogP contribution in [0.1, 0.15) is 12.5 Å². The van der Waals surface area contributed by atoms with E-state index in [4.69, 9.17) is 11.5 Å². The zero-order valence-corrected chi connectivity index (χ0v) is 8.32. The fourth-order valence-electron chi connectivity index (χ4n) is 1.50. The van der Waals surface area contributed by atoms with Crippen LogP contribution >= 0.6 is 11.3 Å². The minimum Gasteiger partial charge on any atom is -0.397 e. The first kappa shape index (κ1) is 8.38. The van der Waals surface area contributed by atoms with Gasteiger partial charge in [0.2, 0.25) is 0 Å². The minimum atomic E-state index is 0.681. The molecular weight excluding hydrogens is 180 g/mol. The molecule has 1 aromatic heterocycles. The highest BCUT2D eigenvalue weighted by Gasteiger charge is 2.07. The predicted molar refractivity (Wildman–Crippen MR) is 60.0 cm³/mol. The maximum Gasteiger partial charge on any atom is 0.0638 e. The molecule has 0 spiro atoms. The predicted octanol–water partition coefficient (Wildman–Crippen LogP) is 2.63. The lowest BCUT2D eigenvalue weighted by Crippen LogP contribution is -1.95. The first-order chi connectivity index (χ1) is 6.24. The van der Waals surface area contributed by atoms with Gasteiger partial charge in [0.25, 0.3) is 0 Å². The first-order valence-corrected chi connectivity index (χ1v) is 5.16. The molecule has 0 fully saturated rings. The van der Waals surface area contributed by atoms with Gasteiger partial charge in [-0.25, -0.2) is 0 Å². The summed E-state index contributed by atoms with van der Waals surface area (Å²) in [5.74, 6) is 0. The number of rotatable bonds is 1. The molecule has 0 aliphatic heterocycles. The Labute approximate surface area is 81.2 Å². The van der Waals surface area contributed by atoms with E-state index in [1.165, 1.54) is 10.3 Å². The number of benzene rings is 1. The van der Waals surface area contributed by atoms with Gasteiger partial charge in [0.1, 0.15) is 0 Å². The fourth-order valence-corrected chi connectivity index (χ4v) is 2.56. The smallest absolute Gasteiger partial charge is 0.0638 e. The lowest BCUT2D eigenvalue weighted by molar-refractivity contribution is 1.17. The zero-order valence-electron chi connectivity index (χ0n) is 7.50. The van der Waals surface area contributed by atoms with E-state index in [2.05, 4.69) is 12.3 Å². The Hall–Kier alpha value is -1.22. The summed E-state index contributed by atoms with van der Waals surface area (Å²) < 4.78 is 1.23. The van der Waals surface area contributed by atoms with Crippen molar-refractivity contribution in [2.75, 3.05) is 11.5 Å². The van der Waals surface area contributed by atoms with Crippen LogP contribution in [0.3, 0.4) is 0 Å². The van der Waals surface area contributed by atoms with E-state index in [0.29, 0.717) is 5.69 Å². The van der Waals surface area contributed by atoms with Crippen molar-refractivity contribution in [1.29, 1.82) is 0 Å². The second-order valence-corrected chi connectivity index (χ2v) is 3.97. The van der Waals surface area contributed by atoms with E-state index in [0.717, 1.165) is 17.5 Å². The van der Waals surface area contributed by atoms with Crippen LogP contribution in [0.4, 0.5) is 11.4 Å². The largest absolute Gasteiger partial charge is 0.397 e. The van der Waals surface area contributed by atoms with Crippen molar-refractivity contribution in [3.63, 3.8) is 0 Å². The molecule has 2 nitrogen and oxygen atoms in total. The van der Waals surface area contributed by atoms with E-state index in [9.17, 15) is 0 Å². The Morgan fingerprint density at radius 1 is 1.31 bits per heavy atom. The number of thiophene rings is 1. The van der Waals surface area contributed by atoms with E-state index >= 15 is 0 Å². The normalized spacial score (nSPS) is 10.8. The molecule has 0 aliphatic carbocycles. The highest BCUT2D eigenvalue weighted by molar-refractivity contribution is 7.17. The molecule has 0 bridgehead atoms. The van der Waals surface area contributed by atoms with Crippen molar-refractivity contribution >= 4 is 32.8 Å². The quantitative estimate of drug-likeness (QED) is 0.682. The van der Waals surface area contributed by atoms with Crippen molar-refractivity contribution in [2.24, 2.45) is 0 Å². The van der Waals surface area contributed by atoms with Crippen molar-refractivity contribution in [3.8, 4) is 0 Å². The van der Waals surface area contributed by atoms with Gasteiger partial charge < -0.3 is 11.5 Å². The first-order valence-electron chi connectivity index (χ1n) is 4.28. The Kier molecular flexibility index (Phi) is 1.88.